The minimum atomic E-state index is -1.68. The van der Waals surface area contributed by atoms with Crippen LogP contribution < -0.4 is 10.9 Å². The van der Waals surface area contributed by atoms with Gasteiger partial charge in [-0.3, -0.25) is 14.3 Å². The molecule has 3 heterocycles. The first-order valence-corrected chi connectivity index (χ1v) is 14.2. The summed E-state index contributed by atoms with van der Waals surface area (Å²) < 4.78 is 1.95. The Hall–Kier alpha value is -4.34. The summed E-state index contributed by atoms with van der Waals surface area (Å²) in [4.78, 5) is 26.4. The Morgan fingerprint density at radius 3 is 2.39 bits per heavy atom. The van der Waals surface area contributed by atoms with Crippen LogP contribution in [0.2, 0.25) is 0 Å². The van der Waals surface area contributed by atoms with E-state index in [2.05, 4.69) is 21.4 Å². The lowest BCUT2D eigenvalue weighted by Gasteiger charge is -2.15. The van der Waals surface area contributed by atoms with Crippen LogP contribution in [0.4, 0.5) is 0 Å². The summed E-state index contributed by atoms with van der Waals surface area (Å²) in [7, 11) is -1.68. The lowest BCUT2D eigenvalue weighted by Crippen LogP contribution is -2.32. The lowest BCUT2D eigenvalue weighted by molar-refractivity contribution is 0.0936. The van der Waals surface area contributed by atoms with Gasteiger partial charge in [-0.2, -0.15) is 0 Å². The molecule has 0 saturated heterocycles. The van der Waals surface area contributed by atoms with Crippen molar-refractivity contribution in [1.82, 2.24) is 24.8 Å². The zero-order valence-electron chi connectivity index (χ0n) is 24.2. The van der Waals surface area contributed by atoms with Crippen molar-refractivity contribution >= 4 is 29.8 Å². The molecular weight excluding hydrogens is 513 g/mol. The molecule has 0 saturated carbocycles. The van der Waals surface area contributed by atoms with E-state index in [0.29, 0.717) is 22.6 Å². The maximum Gasteiger partial charge on any atom is 0.508 e. The minimum absolute atomic E-state index is 0.0831. The van der Waals surface area contributed by atoms with Crippen LogP contribution in [0.3, 0.4) is 0 Å². The molecule has 0 radical (unpaired) electrons. The summed E-state index contributed by atoms with van der Waals surface area (Å²) in [6.07, 6.45) is 3.23. The van der Waals surface area contributed by atoms with Crippen molar-refractivity contribution in [3.8, 4) is 17.1 Å². The SMILES string of the molecule is CC.CC.Cc1ccc(C(=O)NC2CCc3cc(-n4c(-c5ccccc5)nc5ccc(B(O)O)nc54)ccc32)cn1. The number of imidazole rings is 1. The van der Waals surface area contributed by atoms with Crippen LogP contribution in [0.15, 0.2) is 79.0 Å². The molecule has 9 heteroatoms. The second-order valence-corrected chi connectivity index (χ2v) is 9.23. The maximum absolute atomic E-state index is 12.8. The molecule has 1 atom stereocenters. The molecule has 2 aromatic carbocycles. The highest BCUT2D eigenvalue weighted by Crippen LogP contribution is 2.35. The second kappa shape index (κ2) is 13.3. The highest BCUT2D eigenvalue weighted by molar-refractivity contribution is 6.57. The Balaban J connectivity index is 0.000000929. The molecule has 1 unspecified atom stereocenters. The average molecular weight is 549 g/mol. The number of nitrogens with zero attached hydrogens (tertiary/aromatic N) is 4. The van der Waals surface area contributed by atoms with E-state index in [9.17, 15) is 14.8 Å². The second-order valence-electron chi connectivity index (χ2n) is 9.23. The molecule has 41 heavy (non-hydrogen) atoms. The monoisotopic (exact) mass is 549 g/mol. The normalized spacial score (nSPS) is 13.4. The van der Waals surface area contributed by atoms with Gasteiger partial charge in [0.05, 0.1) is 17.2 Å². The number of nitrogens with one attached hydrogen (secondary N) is 1. The summed E-state index contributed by atoms with van der Waals surface area (Å²) in [6.45, 7) is 9.89. The first-order chi connectivity index (χ1) is 20.0. The summed E-state index contributed by atoms with van der Waals surface area (Å²) in [5.41, 5.74) is 6.78. The van der Waals surface area contributed by atoms with Crippen LogP contribution in [0.5, 0.6) is 0 Å². The Morgan fingerprint density at radius 2 is 1.71 bits per heavy atom. The van der Waals surface area contributed by atoms with E-state index in [4.69, 9.17) is 4.98 Å². The van der Waals surface area contributed by atoms with E-state index in [1.165, 1.54) is 0 Å². The van der Waals surface area contributed by atoms with Gasteiger partial charge in [0.15, 0.2) is 5.65 Å². The highest BCUT2D eigenvalue weighted by Gasteiger charge is 2.26. The molecule has 0 spiro atoms. The number of amides is 1. The summed E-state index contributed by atoms with van der Waals surface area (Å²) in [6, 6.07) is 22.8. The standard InChI is InChI=1S/C28H24BN5O3.2C2H6/c1-17-7-8-20(16-30-17)28(35)32-23-12-9-19-15-21(10-11-22(19)23)34-26(18-5-3-2-4-6-18)31-24-13-14-25(29(36)37)33-27(24)34;2*1-2/h2-8,10-11,13-16,23,36-37H,9,12H2,1H3,(H,32,35);2*1-2H3. The van der Waals surface area contributed by atoms with Crippen molar-refractivity contribution in [2.45, 2.75) is 53.5 Å². The number of fused-ring (bicyclic) bond motifs is 2. The van der Waals surface area contributed by atoms with Crippen molar-refractivity contribution in [2.24, 2.45) is 0 Å². The molecule has 6 rings (SSSR count). The smallest absolute Gasteiger partial charge is 0.422 e. The van der Waals surface area contributed by atoms with Crippen LogP contribution in [-0.2, 0) is 6.42 Å². The third-order valence-electron chi connectivity index (χ3n) is 6.76. The Morgan fingerprint density at radius 1 is 0.951 bits per heavy atom. The predicted octanol–water partition coefficient (Wildman–Crippen LogP) is 4.94. The molecule has 1 aliphatic rings. The fourth-order valence-electron chi connectivity index (χ4n) is 4.88. The van der Waals surface area contributed by atoms with Crippen LogP contribution in [-0.4, -0.2) is 42.6 Å². The van der Waals surface area contributed by atoms with Gasteiger partial charge in [0.25, 0.3) is 5.91 Å². The van der Waals surface area contributed by atoms with Gasteiger partial charge in [-0.25, -0.2) is 9.97 Å². The van der Waals surface area contributed by atoms with Gasteiger partial charge in [-0.1, -0.05) is 64.1 Å². The van der Waals surface area contributed by atoms with E-state index in [1.54, 1.807) is 24.4 Å². The largest absolute Gasteiger partial charge is 0.508 e. The number of carbonyl (C=O) groups excluding carboxylic acids is 1. The molecule has 3 N–H and O–H groups in total. The fraction of sp³-hybridized carbons (Fsp3) is 0.250. The summed E-state index contributed by atoms with van der Waals surface area (Å²) in [5.74, 6) is 0.572. The lowest BCUT2D eigenvalue weighted by atomic mass is 9.86. The van der Waals surface area contributed by atoms with Gasteiger partial charge in [-0.15, -0.1) is 0 Å². The first-order valence-electron chi connectivity index (χ1n) is 14.2. The van der Waals surface area contributed by atoms with Crippen LogP contribution >= 0.6 is 0 Å². The summed E-state index contributed by atoms with van der Waals surface area (Å²) >= 11 is 0. The molecule has 0 fully saturated rings. The van der Waals surface area contributed by atoms with Gasteiger partial charge >= 0.3 is 7.12 Å². The van der Waals surface area contributed by atoms with Crippen molar-refractivity contribution in [1.29, 1.82) is 0 Å². The number of hydrogen-bond donors (Lipinski definition) is 3. The van der Waals surface area contributed by atoms with Crippen molar-refractivity contribution in [2.75, 3.05) is 0 Å². The quantitative estimate of drug-likeness (QED) is 0.268. The molecule has 0 aliphatic heterocycles. The van der Waals surface area contributed by atoms with Gasteiger partial charge in [0.2, 0.25) is 0 Å². The molecule has 8 nitrogen and oxygen atoms in total. The number of pyridine rings is 2. The van der Waals surface area contributed by atoms with E-state index in [0.717, 1.165) is 40.9 Å². The van der Waals surface area contributed by atoms with Crippen molar-refractivity contribution in [3.05, 3.63) is 101 Å². The van der Waals surface area contributed by atoms with Crippen LogP contribution in [0, 0.1) is 6.92 Å². The van der Waals surface area contributed by atoms with Gasteiger partial charge in [-0.05, 0) is 67.3 Å². The molecule has 3 aromatic heterocycles. The number of hydrogen-bond acceptors (Lipinski definition) is 6. The van der Waals surface area contributed by atoms with Crippen molar-refractivity contribution < 1.29 is 14.8 Å². The van der Waals surface area contributed by atoms with Crippen molar-refractivity contribution in [3.63, 3.8) is 0 Å². The molecule has 0 bridgehead atoms. The maximum atomic E-state index is 12.8. The fourth-order valence-corrected chi connectivity index (χ4v) is 4.88. The molecule has 5 aromatic rings. The zero-order valence-corrected chi connectivity index (χ0v) is 24.2. The van der Waals surface area contributed by atoms with E-state index in [1.807, 2.05) is 87.7 Å². The van der Waals surface area contributed by atoms with E-state index >= 15 is 0 Å². The Labute approximate surface area is 241 Å². The van der Waals surface area contributed by atoms with E-state index in [-0.39, 0.29) is 17.5 Å². The number of benzene rings is 2. The predicted molar refractivity (Wildman–Crippen MR) is 164 cm³/mol. The minimum Gasteiger partial charge on any atom is -0.422 e. The van der Waals surface area contributed by atoms with Gasteiger partial charge in [0.1, 0.15) is 11.3 Å². The van der Waals surface area contributed by atoms with Crippen LogP contribution in [0.25, 0.3) is 28.2 Å². The highest BCUT2D eigenvalue weighted by atomic mass is 16.4. The first kappa shape index (κ1) is 29.6. The Kier molecular flexibility index (Phi) is 9.65. The summed E-state index contributed by atoms with van der Waals surface area (Å²) in [5, 5.41) is 22.6. The van der Waals surface area contributed by atoms with Crippen LogP contribution in [0.1, 0.15) is 67.3 Å². The third-order valence-corrected chi connectivity index (χ3v) is 6.76. The topological polar surface area (TPSA) is 113 Å². The molecular formula is C32H36BN5O3. The third kappa shape index (κ3) is 6.21. The average Bonchev–Trinajstić information content (AvgIpc) is 3.60. The number of rotatable bonds is 5. The van der Waals surface area contributed by atoms with E-state index < -0.39 is 7.12 Å². The number of aromatic nitrogens is 4. The molecule has 1 amide bonds. The Bertz CT molecular complexity index is 1620. The number of carbonyl (C=O) groups is 1. The van der Waals surface area contributed by atoms with Gasteiger partial charge < -0.3 is 15.4 Å². The number of aryl methyl sites for hydroxylation is 2. The van der Waals surface area contributed by atoms with Gasteiger partial charge in [0, 0.05) is 23.1 Å². The zero-order chi connectivity index (χ0) is 29.5. The molecule has 1 aliphatic carbocycles. The molecule has 210 valence electrons.